The number of ether oxygens (including phenoxy) is 1. The van der Waals surface area contributed by atoms with Gasteiger partial charge in [-0.3, -0.25) is 9.69 Å². The van der Waals surface area contributed by atoms with Crippen LogP contribution in [0.25, 0.3) is 10.9 Å². The number of hydrogen-bond donors (Lipinski definition) is 2. The Bertz CT molecular complexity index is 1190. The summed E-state index contributed by atoms with van der Waals surface area (Å²) < 4.78 is 19.5. The van der Waals surface area contributed by atoms with E-state index in [0.29, 0.717) is 12.6 Å². The Balaban J connectivity index is 1.48. The quantitative estimate of drug-likeness (QED) is 0.547. The molecular weight excluding hydrogens is 483 g/mol. The number of carbonyl (C=O) groups is 2. The number of nitrogens with one attached hydrogen (secondary N) is 2. The molecule has 1 aromatic heterocycles. The van der Waals surface area contributed by atoms with Crippen LogP contribution in [0.2, 0.25) is 0 Å². The van der Waals surface area contributed by atoms with E-state index in [1.54, 1.807) is 0 Å². The Hall–Kier alpha value is -2.61. The lowest BCUT2D eigenvalue weighted by Crippen LogP contribution is -2.57. The summed E-state index contributed by atoms with van der Waals surface area (Å²) in [6, 6.07) is 5.01. The lowest BCUT2D eigenvalue weighted by molar-refractivity contribution is -0.137. The van der Waals surface area contributed by atoms with E-state index in [9.17, 15) is 14.0 Å². The van der Waals surface area contributed by atoms with Gasteiger partial charge in [0.15, 0.2) is 0 Å². The van der Waals surface area contributed by atoms with E-state index >= 15 is 0 Å². The Labute approximate surface area is 225 Å². The molecule has 208 valence electrons. The molecule has 0 unspecified atom stereocenters. The standard InChI is InChI=1S/C30H43FN4O3/c1-29(2,3)26(33-28(37)38-30(4,5)6)27(36)34-14-13-24-25(34)22(17-35(24)19-9-7-8-10-19)21-16-32-23-15-18(31)11-12-20(21)23/h11-12,15-16,19,22,24-26,32H,7-10,13-14,17H2,1-6H3,(H,33,37)/t22-,24+,25+,26+/m0/s1. The number of amides is 2. The summed E-state index contributed by atoms with van der Waals surface area (Å²) in [5.41, 5.74) is 0.777. The zero-order valence-electron chi connectivity index (χ0n) is 23.6. The van der Waals surface area contributed by atoms with Crippen LogP contribution in [0.1, 0.15) is 85.1 Å². The van der Waals surface area contributed by atoms with Gasteiger partial charge in [0, 0.05) is 48.2 Å². The molecule has 4 atom stereocenters. The largest absolute Gasteiger partial charge is 0.444 e. The highest BCUT2D eigenvalue weighted by atomic mass is 19.1. The molecule has 5 rings (SSSR count). The molecule has 2 aliphatic heterocycles. The van der Waals surface area contributed by atoms with Crippen LogP contribution in [0, 0.1) is 11.2 Å². The summed E-state index contributed by atoms with van der Waals surface area (Å²) in [6.07, 6.45) is 7.26. The van der Waals surface area contributed by atoms with Crippen molar-refractivity contribution in [2.24, 2.45) is 5.41 Å². The van der Waals surface area contributed by atoms with E-state index < -0.39 is 23.2 Å². The highest BCUT2D eigenvalue weighted by Crippen LogP contribution is 2.46. The number of aromatic nitrogens is 1. The number of H-pyrrole nitrogens is 1. The first kappa shape index (κ1) is 27.0. The molecule has 8 heteroatoms. The number of halogens is 1. The monoisotopic (exact) mass is 526 g/mol. The Morgan fingerprint density at radius 1 is 1.11 bits per heavy atom. The average molecular weight is 527 g/mol. The van der Waals surface area contributed by atoms with Crippen molar-refractivity contribution in [1.29, 1.82) is 0 Å². The van der Waals surface area contributed by atoms with Gasteiger partial charge < -0.3 is 19.9 Å². The second kappa shape index (κ2) is 9.85. The van der Waals surface area contributed by atoms with Crippen molar-refractivity contribution in [2.45, 2.75) is 109 Å². The topological polar surface area (TPSA) is 77.7 Å². The van der Waals surface area contributed by atoms with Gasteiger partial charge in [-0.2, -0.15) is 0 Å². The zero-order valence-corrected chi connectivity index (χ0v) is 23.6. The van der Waals surface area contributed by atoms with Crippen LogP contribution < -0.4 is 5.32 Å². The maximum Gasteiger partial charge on any atom is 0.408 e. The molecule has 7 nitrogen and oxygen atoms in total. The third-order valence-electron chi connectivity index (χ3n) is 8.59. The fraction of sp³-hybridized carbons (Fsp3) is 0.667. The molecule has 2 N–H and O–H groups in total. The van der Waals surface area contributed by atoms with E-state index in [1.807, 2.05) is 58.7 Å². The van der Waals surface area contributed by atoms with Crippen LogP contribution in [-0.2, 0) is 9.53 Å². The minimum absolute atomic E-state index is 0.00237. The fourth-order valence-corrected chi connectivity index (χ4v) is 6.98. The molecule has 2 aromatic rings. The summed E-state index contributed by atoms with van der Waals surface area (Å²) in [7, 11) is 0. The number of hydrogen-bond acceptors (Lipinski definition) is 4. The van der Waals surface area contributed by atoms with Crippen molar-refractivity contribution in [2.75, 3.05) is 13.1 Å². The minimum Gasteiger partial charge on any atom is -0.444 e. The van der Waals surface area contributed by atoms with Crippen LogP contribution >= 0.6 is 0 Å². The van der Waals surface area contributed by atoms with Gasteiger partial charge in [0.2, 0.25) is 5.91 Å². The Kier molecular flexibility index (Phi) is 6.99. The molecule has 2 amide bonds. The molecule has 1 aromatic carbocycles. The first-order chi connectivity index (χ1) is 17.8. The SMILES string of the molecule is CC(C)(C)OC(=O)N[C@H](C(=O)N1CC[C@@H]2[C@H]1[C@H](c1c[nH]c3cc(F)ccc13)CN2C1CCCC1)C(C)(C)C. The molecule has 3 heterocycles. The van der Waals surface area contributed by atoms with Gasteiger partial charge in [-0.05, 0) is 69.2 Å². The summed E-state index contributed by atoms with van der Waals surface area (Å²) in [5, 5.41) is 3.92. The van der Waals surface area contributed by atoms with Crippen molar-refractivity contribution in [3.8, 4) is 0 Å². The van der Waals surface area contributed by atoms with Crippen molar-refractivity contribution in [1.82, 2.24) is 20.1 Å². The molecule has 0 radical (unpaired) electrons. The van der Waals surface area contributed by atoms with Crippen LogP contribution in [-0.4, -0.2) is 69.6 Å². The van der Waals surface area contributed by atoms with Crippen molar-refractivity contribution >= 4 is 22.9 Å². The first-order valence-electron chi connectivity index (χ1n) is 14.2. The van der Waals surface area contributed by atoms with Crippen LogP contribution in [0.4, 0.5) is 9.18 Å². The van der Waals surface area contributed by atoms with E-state index in [4.69, 9.17) is 4.74 Å². The predicted octanol–water partition coefficient (Wildman–Crippen LogP) is 5.56. The maximum absolute atomic E-state index is 14.3. The summed E-state index contributed by atoms with van der Waals surface area (Å²) in [5.74, 6) is -0.213. The highest BCUT2D eigenvalue weighted by Gasteiger charge is 2.54. The van der Waals surface area contributed by atoms with Gasteiger partial charge in [0.05, 0.1) is 6.04 Å². The lowest BCUT2D eigenvalue weighted by Gasteiger charge is -2.37. The van der Waals surface area contributed by atoms with E-state index in [1.165, 1.54) is 37.8 Å². The Morgan fingerprint density at radius 2 is 1.82 bits per heavy atom. The molecule has 0 bridgehead atoms. The summed E-state index contributed by atoms with van der Waals surface area (Å²) in [6.45, 7) is 12.9. The third-order valence-corrected chi connectivity index (χ3v) is 8.59. The minimum atomic E-state index is -0.714. The third kappa shape index (κ3) is 5.16. The first-order valence-corrected chi connectivity index (χ1v) is 14.2. The van der Waals surface area contributed by atoms with E-state index in [-0.39, 0.29) is 29.7 Å². The van der Waals surface area contributed by atoms with Gasteiger partial charge in [0.25, 0.3) is 0 Å². The zero-order chi connectivity index (χ0) is 27.4. The molecule has 1 saturated carbocycles. The summed E-state index contributed by atoms with van der Waals surface area (Å²) in [4.78, 5) is 35.0. The van der Waals surface area contributed by atoms with E-state index in [2.05, 4.69) is 15.2 Å². The molecule has 3 fully saturated rings. The molecular formula is C30H43FN4O3. The lowest BCUT2D eigenvalue weighted by atomic mass is 9.85. The molecule has 2 saturated heterocycles. The summed E-state index contributed by atoms with van der Waals surface area (Å²) >= 11 is 0. The number of carbonyl (C=O) groups excluding carboxylic acids is 2. The number of likely N-dealkylation sites (tertiary alicyclic amines) is 2. The predicted molar refractivity (Wildman–Crippen MR) is 146 cm³/mol. The second-order valence-electron chi connectivity index (χ2n) is 13.5. The fourth-order valence-electron chi connectivity index (χ4n) is 6.98. The van der Waals surface area contributed by atoms with Crippen LogP contribution in [0.5, 0.6) is 0 Å². The van der Waals surface area contributed by atoms with Gasteiger partial charge in [0.1, 0.15) is 17.5 Å². The molecule has 1 aliphatic carbocycles. The number of fused-ring (bicyclic) bond motifs is 2. The van der Waals surface area contributed by atoms with Gasteiger partial charge in [-0.1, -0.05) is 33.6 Å². The van der Waals surface area contributed by atoms with Crippen molar-refractivity contribution < 1.29 is 18.7 Å². The number of nitrogens with zero attached hydrogens (tertiary/aromatic N) is 2. The van der Waals surface area contributed by atoms with Gasteiger partial charge in [-0.25, -0.2) is 9.18 Å². The van der Waals surface area contributed by atoms with Gasteiger partial charge >= 0.3 is 6.09 Å². The number of aromatic amines is 1. The van der Waals surface area contributed by atoms with Crippen LogP contribution in [0.15, 0.2) is 24.4 Å². The second-order valence-corrected chi connectivity index (χ2v) is 13.5. The van der Waals surface area contributed by atoms with Gasteiger partial charge in [-0.15, -0.1) is 0 Å². The number of rotatable bonds is 4. The Morgan fingerprint density at radius 3 is 2.47 bits per heavy atom. The maximum atomic E-state index is 14.3. The van der Waals surface area contributed by atoms with E-state index in [0.717, 1.165) is 29.4 Å². The number of benzene rings is 1. The highest BCUT2D eigenvalue weighted by molar-refractivity contribution is 5.88. The molecule has 38 heavy (non-hydrogen) atoms. The van der Waals surface area contributed by atoms with Crippen molar-refractivity contribution in [3.63, 3.8) is 0 Å². The molecule has 0 spiro atoms. The smallest absolute Gasteiger partial charge is 0.408 e. The number of alkyl carbamates (subject to hydrolysis) is 1. The normalized spacial score (nSPS) is 25.7. The molecule has 3 aliphatic rings. The van der Waals surface area contributed by atoms with Crippen LogP contribution in [0.3, 0.4) is 0 Å². The van der Waals surface area contributed by atoms with Crippen molar-refractivity contribution in [3.05, 3.63) is 35.8 Å². The average Bonchev–Trinajstić information content (AvgIpc) is 3.58.